The van der Waals surface area contributed by atoms with Crippen LogP contribution in [0.1, 0.15) is 43.7 Å². The van der Waals surface area contributed by atoms with Gasteiger partial charge in [-0.15, -0.1) is 0 Å². The lowest BCUT2D eigenvalue weighted by Gasteiger charge is -2.31. The van der Waals surface area contributed by atoms with Crippen molar-refractivity contribution in [3.8, 4) is 5.19 Å². The number of amides is 1. The van der Waals surface area contributed by atoms with Gasteiger partial charge in [-0.25, -0.2) is 4.98 Å². The summed E-state index contributed by atoms with van der Waals surface area (Å²) in [6.45, 7) is 8.90. The summed E-state index contributed by atoms with van der Waals surface area (Å²) in [7, 11) is 0. The maximum atomic E-state index is 11.9. The monoisotopic (exact) mass is 353 g/mol. The number of hydrogen-bond acceptors (Lipinski definition) is 6. The minimum atomic E-state index is 0.221. The third kappa shape index (κ3) is 4.26. The van der Waals surface area contributed by atoms with Gasteiger partial charge in [-0.1, -0.05) is 18.3 Å². The average molecular weight is 353 g/mol. The van der Waals surface area contributed by atoms with E-state index in [0.717, 1.165) is 63.1 Å². The van der Waals surface area contributed by atoms with Crippen LogP contribution < -0.4 is 4.74 Å². The fourth-order valence-corrected chi connectivity index (χ4v) is 4.21. The van der Waals surface area contributed by atoms with Crippen molar-refractivity contribution in [1.29, 1.82) is 0 Å². The molecule has 1 saturated heterocycles. The van der Waals surface area contributed by atoms with Crippen LogP contribution in [-0.2, 0) is 22.5 Å². The summed E-state index contributed by atoms with van der Waals surface area (Å²) in [6, 6.07) is 0. The van der Waals surface area contributed by atoms with Gasteiger partial charge in [-0.05, 0) is 19.8 Å². The number of nitrogens with zero attached hydrogens (tertiary/aromatic N) is 3. The van der Waals surface area contributed by atoms with Crippen molar-refractivity contribution in [2.75, 3.05) is 33.0 Å². The number of fused-ring (bicyclic) bond motifs is 1. The highest BCUT2D eigenvalue weighted by Crippen LogP contribution is 2.31. The van der Waals surface area contributed by atoms with Crippen molar-refractivity contribution in [3.05, 3.63) is 10.6 Å². The molecule has 0 radical (unpaired) electrons. The van der Waals surface area contributed by atoms with Crippen molar-refractivity contribution in [2.45, 2.75) is 52.2 Å². The van der Waals surface area contributed by atoms with Crippen molar-refractivity contribution >= 4 is 17.2 Å². The molecule has 2 aliphatic heterocycles. The van der Waals surface area contributed by atoms with Crippen molar-refractivity contribution in [2.24, 2.45) is 0 Å². The summed E-state index contributed by atoms with van der Waals surface area (Å²) in [5.74, 6) is 0.221. The molecule has 0 unspecified atom stereocenters. The number of aromatic nitrogens is 1. The van der Waals surface area contributed by atoms with Gasteiger partial charge >= 0.3 is 0 Å². The van der Waals surface area contributed by atoms with E-state index in [2.05, 4.69) is 9.88 Å². The summed E-state index contributed by atoms with van der Waals surface area (Å²) in [4.78, 5) is 22.0. The normalized spacial score (nSPS) is 19.3. The lowest BCUT2D eigenvalue weighted by Crippen LogP contribution is -2.39. The summed E-state index contributed by atoms with van der Waals surface area (Å²) in [5, 5.41) is 0.772. The average Bonchev–Trinajstić information content (AvgIpc) is 3.01. The summed E-state index contributed by atoms with van der Waals surface area (Å²) in [5.41, 5.74) is 1.11. The Hall–Kier alpha value is -1.18. The van der Waals surface area contributed by atoms with Crippen LogP contribution >= 0.6 is 11.3 Å². The summed E-state index contributed by atoms with van der Waals surface area (Å²) < 4.78 is 11.6. The predicted molar refractivity (Wildman–Crippen MR) is 93.2 cm³/mol. The van der Waals surface area contributed by atoms with Crippen LogP contribution in [0.25, 0.3) is 0 Å². The molecule has 0 aliphatic carbocycles. The van der Waals surface area contributed by atoms with E-state index in [4.69, 9.17) is 9.47 Å². The highest BCUT2D eigenvalue weighted by atomic mass is 32.1. The van der Waals surface area contributed by atoms with Gasteiger partial charge in [0.2, 0.25) is 5.91 Å². The highest BCUT2D eigenvalue weighted by Gasteiger charge is 2.26. The maximum absolute atomic E-state index is 11.9. The second kappa shape index (κ2) is 8.27. The van der Waals surface area contributed by atoms with Gasteiger partial charge in [0.1, 0.15) is 6.10 Å². The third-order valence-electron chi connectivity index (χ3n) is 4.65. The molecule has 0 aromatic carbocycles. The molecule has 0 atom stereocenters. The molecule has 24 heavy (non-hydrogen) atoms. The largest absolute Gasteiger partial charge is 0.467 e. The standard InChI is InChI=1S/C17H27N3O3S/c1-3-16(21)20-10-7-14-15(11-20)24-17(18-14)23-13-5-8-19(9-6-13)12-22-4-2/h13H,3-12H2,1-2H3. The fourth-order valence-electron chi connectivity index (χ4n) is 3.18. The first-order valence-electron chi connectivity index (χ1n) is 8.92. The van der Waals surface area contributed by atoms with Crippen LogP contribution in [0.3, 0.4) is 0 Å². The van der Waals surface area contributed by atoms with Gasteiger partial charge < -0.3 is 14.4 Å². The molecule has 1 fully saturated rings. The van der Waals surface area contributed by atoms with Gasteiger partial charge in [-0.3, -0.25) is 9.69 Å². The minimum Gasteiger partial charge on any atom is -0.467 e. The number of ether oxygens (including phenoxy) is 2. The number of likely N-dealkylation sites (tertiary alicyclic amines) is 1. The zero-order valence-corrected chi connectivity index (χ0v) is 15.4. The summed E-state index contributed by atoms with van der Waals surface area (Å²) in [6.07, 6.45) is 3.67. The zero-order chi connectivity index (χ0) is 16.9. The highest BCUT2D eigenvalue weighted by molar-refractivity contribution is 7.13. The lowest BCUT2D eigenvalue weighted by molar-refractivity contribution is -0.131. The van der Waals surface area contributed by atoms with Crippen LogP contribution in [0.2, 0.25) is 0 Å². The topological polar surface area (TPSA) is 54.9 Å². The van der Waals surface area contributed by atoms with E-state index in [-0.39, 0.29) is 12.0 Å². The van der Waals surface area contributed by atoms with Crippen LogP contribution in [0.4, 0.5) is 0 Å². The Morgan fingerprint density at radius 3 is 2.79 bits per heavy atom. The van der Waals surface area contributed by atoms with Crippen molar-refractivity contribution in [3.63, 3.8) is 0 Å². The molecule has 0 spiro atoms. The van der Waals surface area contributed by atoms with E-state index < -0.39 is 0 Å². The maximum Gasteiger partial charge on any atom is 0.273 e. The molecule has 134 valence electrons. The van der Waals surface area contributed by atoms with Crippen LogP contribution in [0, 0.1) is 0 Å². The number of rotatable bonds is 6. The van der Waals surface area contributed by atoms with E-state index in [1.807, 2.05) is 18.7 Å². The predicted octanol–water partition coefficient (Wildman–Crippen LogP) is 2.28. The number of carbonyl (C=O) groups is 1. The van der Waals surface area contributed by atoms with Gasteiger partial charge in [-0.2, -0.15) is 0 Å². The lowest BCUT2D eigenvalue weighted by atomic mass is 10.1. The third-order valence-corrected chi connectivity index (χ3v) is 5.62. The van der Waals surface area contributed by atoms with Crippen LogP contribution in [0.5, 0.6) is 5.19 Å². The first-order chi connectivity index (χ1) is 11.7. The van der Waals surface area contributed by atoms with E-state index >= 15 is 0 Å². The van der Waals surface area contributed by atoms with E-state index in [1.165, 1.54) is 4.88 Å². The molecule has 1 aromatic rings. The number of thiazole rings is 1. The van der Waals surface area contributed by atoms with Gasteiger partial charge in [0, 0.05) is 39.1 Å². The number of carbonyl (C=O) groups excluding carboxylic acids is 1. The van der Waals surface area contributed by atoms with Gasteiger partial charge in [0.15, 0.2) is 0 Å². The quantitative estimate of drug-likeness (QED) is 0.785. The van der Waals surface area contributed by atoms with E-state index in [0.29, 0.717) is 13.0 Å². The van der Waals surface area contributed by atoms with Crippen LogP contribution in [-0.4, -0.2) is 59.8 Å². The molecule has 0 saturated carbocycles. The zero-order valence-electron chi connectivity index (χ0n) is 14.6. The smallest absolute Gasteiger partial charge is 0.273 e. The first kappa shape index (κ1) is 17.6. The second-order valence-corrected chi connectivity index (χ2v) is 7.37. The molecule has 7 heteroatoms. The molecule has 0 bridgehead atoms. The summed E-state index contributed by atoms with van der Waals surface area (Å²) >= 11 is 1.61. The number of piperidine rings is 1. The van der Waals surface area contributed by atoms with Gasteiger partial charge in [0.25, 0.3) is 5.19 Å². The molecule has 6 nitrogen and oxygen atoms in total. The van der Waals surface area contributed by atoms with Crippen LogP contribution in [0.15, 0.2) is 0 Å². The van der Waals surface area contributed by atoms with Gasteiger partial charge in [0.05, 0.1) is 23.8 Å². The van der Waals surface area contributed by atoms with Crippen molar-refractivity contribution in [1.82, 2.24) is 14.8 Å². The molecule has 3 rings (SSSR count). The molecule has 3 heterocycles. The molecule has 0 N–H and O–H groups in total. The molecular weight excluding hydrogens is 326 g/mol. The Labute approximate surface area is 147 Å². The Morgan fingerprint density at radius 2 is 2.08 bits per heavy atom. The second-order valence-electron chi connectivity index (χ2n) is 6.33. The Bertz CT molecular complexity index is 555. The van der Waals surface area contributed by atoms with Crippen molar-refractivity contribution < 1.29 is 14.3 Å². The molecule has 1 amide bonds. The number of hydrogen-bond donors (Lipinski definition) is 0. The fraction of sp³-hybridized carbons (Fsp3) is 0.765. The van der Waals surface area contributed by atoms with E-state index in [9.17, 15) is 4.79 Å². The minimum absolute atomic E-state index is 0.221. The Balaban J connectivity index is 1.51. The molecule has 2 aliphatic rings. The van der Waals surface area contributed by atoms with E-state index in [1.54, 1.807) is 11.3 Å². The molecular formula is C17H27N3O3S. The SMILES string of the molecule is CCOCN1CCC(Oc2nc3c(s2)CN(C(=O)CC)CC3)CC1. The molecule has 1 aromatic heterocycles. The Kier molecular flexibility index (Phi) is 6.08. The Morgan fingerprint density at radius 1 is 1.29 bits per heavy atom. The first-order valence-corrected chi connectivity index (χ1v) is 9.74.